The molecule has 6 aromatic rings. The maximum absolute atomic E-state index is 14.7. The first-order chi connectivity index (χ1) is 21.0. The molecule has 0 bridgehead atoms. The Kier molecular flexibility index (Phi) is 7.49. The molecule has 44 heavy (non-hydrogen) atoms. The Hall–Kier alpha value is -4.91. The van der Waals surface area contributed by atoms with Crippen LogP contribution in [0.25, 0.3) is 55.4 Å². The van der Waals surface area contributed by atoms with Gasteiger partial charge in [-0.05, 0) is 84.9 Å². The van der Waals surface area contributed by atoms with Crippen molar-refractivity contribution in [3.05, 3.63) is 90.5 Å². The predicted molar refractivity (Wildman–Crippen MR) is 171 cm³/mol. The topological polar surface area (TPSA) is 150 Å². The van der Waals surface area contributed by atoms with Crippen LogP contribution in [0.2, 0.25) is 0 Å². The van der Waals surface area contributed by atoms with Crippen molar-refractivity contribution in [2.45, 2.75) is 5.37 Å². The lowest BCUT2D eigenvalue weighted by Gasteiger charge is -2.12. The normalized spacial score (nSPS) is 12.7. The first-order valence-corrected chi connectivity index (χ1v) is 15.7. The number of sulfone groups is 1. The molecule has 10 nitrogen and oxygen atoms in total. The summed E-state index contributed by atoms with van der Waals surface area (Å²) < 4.78 is 38.8. The van der Waals surface area contributed by atoms with Crippen molar-refractivity contribution in [2.24, 2.45) is 5.73 Å². The number of amides is 1. The average Bonchev–Trinajstić information content (AvgIpc) is 3.59. The Morgan fingerprint density at radius 2 is 1.80 bits per heavy atom. The monoisotopic (exact) mass is 611 g/mol. The second-order valence-corrected chi connectivity index (χ2v) is 13.2. The lowest BCUT2D eigenvalue weighted by atomic mass is 9.99. The van der Waals surface area contributed by atoms with Crippen LogP contribution in [0.4, 0.5) is 10.1 Å². The fourth-order valence-corrected chi connectivity index (χ4v) is 5.90. The average molecular weight is 612 g/mol. The smallest absolute Gasteiger partial charge is 0.238 e. The fraction of sp³-hybridized carbons (Fsp3) is 0.156. The minimum atomic E-state index is -3.63. The molecule has 12 heteroatoms. The van der Waals surface area contributed by atoms with Gasteiger partial charge in [0, 0.05) is 34.3 Å². The summed E-state index contributed by atoms with van der Waals surface area (Å²) in [4.78, 5) is 21.8. The van der Waals surface area contributed by atoms with Crippen LogP contribution in [0, 0.1) is 5.82 Å². The Morgan fingerprint density at radius 3 is 2.57 bits per heavy atom. The van der Waals surface area contributed by atoms with Gasteiger partial charge in [0.15, 0.2) is 9.84 Å². The first-order valence-electron chi connectivity index (χ1n) is 13.7. The maximum atomic E-state index is 14.7. The lowest BCUT2D eigenvalue weighted by Crippen LogP contribution is -2.27. The van der Waals surface area contributed by atoms with E-state index in [0.717, 1.165) is 50.9 Å². The van der Waals surface area contributed by atoms with E-state index in [1.807, 2.05) is 62.6 Å². The van der Waals surface area contributed by atoms with Crippen LogP contribution >= 0.6 is 0 Å². The summed E-state index contributed by atoms with van der Waals surface area (Å²) in [5.41, 5.74) is 12.7. The number of H-pyrrole nitrogens is 2. The number of hydrogen-bond acceptors (Lipinski definition) is 7. The number of benzene rings is 3. The van der Waals surface area contributed by atoms with Crippen LogP contribution in [-0.2, 0) is 14.6 Å². The molecule has 0 spiro atoms. The number of nitrogens with zero attached hydrogens (tertiary/aromatic N) is 3. The molecule has 0 aliphatic heterocycles. The van der Waals surface area contributed by atoms with Crippen LogP contribution in [-0.4, -0.2) is 66.3 Å². The number of anilines is 1. The molecule has 0 saturated heterocycles. The third kappa shape index (κ3) is 5.82. The van der Waals surface area contributed by atoms with Gasteiger partial charge in [0.25, 0.3) is 0 Å². The molecule has 0 radical (unpaired) electrons. The molecular weight excluding hydrogens is 581 g/mol. The molecule has 3 aromatic heterocycles. The van der Waals surface area contributed by atoms with E-state index in [9.17, 15) is 17.6 Å². The van der Waals surface area contributed by atoms with Gasteiger partial charge in [-0.15, -0.1) is 0 Å². The van der Waals surface area contributed by atoms with Crippen molar-refractivity contribution in [3.63, 3.8) is 0 Å². The minimum Gasteiger partial charge on any atom is -0.353 e. The van der Waals surface area contributed by atoms with Gasteiger partial charge in [-0.3, -0.25) is 14.9 Å². The predicted octanol–water partition coefficient (Wildman–Crippen LogP) is 5.08. The standard InChI is InChI=1S/C32H30FN7O3S/c1-40(2)17-30(41)36-23-12-21(15-35-16-23)18-7-8-28-26(13-18)31(39-38-28)29-14-25-24(5-4-6-27(25)37-29)19-9-20(11-22(33)10-19)32(34)44(3,42)43/h4-16,32,37H,17,34H2,1-3H3,(H,36,41)(H,38,39). The van der Waals surface area contributed by atoms with Crippen LogP contribution < -0.4 is 11.1 Å². The molecule has 0 saturated carbocycles. The molecule has 1 atom stereocenters. The van der Waals surface area contributed by atoms with E-state index < -0.39 is 21.0 Å². The molecule has 5 N–H and O–H groups in total. The molecule has 3 aromatic carbocycles. The fourth-order valence-electron chi connectivity index (χ4n) is 5.27. The number of aromatic amines is 2. The molecule has 224 valence electrons. The molecule has 1 unspecified atom stereocenters. The summed E-state index contributed by atoms with van der Waals surface area (Å²) in [6.45, 7) is 0.259. The van der Waals surface area contributed by atoms with Gasteiger partial charge in [0.2, 0.25) is 5.91 Å². The highest BCUT2D eigenvalue weighted by Gasteiger charge is 2.21. The van der Waals surface area contributed by atoms with Crippen LogP contribution in [0.3, 0.4) is 0 Å². The maximum Gasteiger partial charge on any atom is 0.238 e. The van der Waals surface area contributed by atoms with Crippen molar-refractivity contribution < 1.29 is 17.6 Å². The van der Waals surface area contributed by atoms with E-state index in [-0.39, 0.29) is 18.0 Å². The number of aromatic nitrogens is 4. The van der Waals surface area contributed by atoms with E-state index >= 15 is 0 Å². The van der Waals surface area contributed by atoms with Crippen molar-refractivity contribution >= 4 is 43.2 Å². The van der Waals surface area contributed by atoms with Crippen molar-refractivity contribution in [3.8, 4) is 33.6 Å². The zero-order valence-electron chi connectivity index (χ0n) is 24.2. The molecule has 0 aliphatic carbocycles. The Morgan fingerprint density at radius 1 is 0.977 bits per heavy atom. The van der Waals surface area contributed by atoms with Gasteiger partial charge in [0.05, 0.1) is 29.6 Å². The Bertz CT molecular complexity index is 2150. The van der Waals surface area contributed by atoms with Gasteiger partial charge in [-0.1, -0.05) is 18.2 Å². The summed E-state index contributed by atoms with van der Waals surface area (Å²) in [6, 6.07) is 19.4. The number of pyridine rings is 1. The van der Waals surface area contributed by atoms with Gasteiger partial charge < -0.3 is 20.9 Å². The highest BCUT2D eigenvalue weighted by atomic mass is 32.2. The van der Waals surface area contributed by atoms with Crippen molar-refractivity contribution in [1.29, 1.82) is 0 Å². The second-order valence-electron chi connectivity index (χ2n) is 11.1. The number of nitrogens with two attached hydrogens (primary N) is 1. The second kappa shape index (κ2) is 11.3. The highest BCUT2D eigenvalue weighted by molar-refractivity contribution is 7.90. The molecule has 1 amide bonds. The summed E-state index contributed by atoms with van der Waals surface area (Å²) in [7, 11) is 0.0296. The summed E-state index contributed by atoms with van der Waals surface area (Å²) in [5.74, 6) is -0.710. The molecule has 3 heterocycles. The number of carbonyl (C=O) groups is 1. The van der Waals surface area contributed by atoms with Crippen LogP contribution in [0.1, 0.15) is 10.9 Å². The van der Waals surface area contributed by atoms with Gasteiger partial charge in [0.1, 0.15) is 16.9 Å². The van der Waals surface area contributed by atoms with E-state index in [2.05, 4.69) is 25.5 Å². The van der Waals surface area contributed by atoms with Crippen molar-refractivity contribution in [1.82, 2.24) is 25.1 Å². The highest BCUT2D eigenvalue weighted by Crippen LogP contribution is 2.36. The quantitative estimate of drug-likeness (QED) is 0.187. The number of nitrogens with one attached hydrogen (secondary N) is 3. The van der Waals surface area contributed by atoms with Crippen molar-refractivity contribution in [2.75, 3.05) is 32.2 Å². The van der Waals surface area contributed by atoms with Gasteiger partial charge in [-0.2, -0.15) is 5.10 Å². The van der Waals surface area contributed by atoms with Crippen LogP contribution in [0.5, 0.6) is 0 Å². The number of hydrogen-bond donors (Lipinski definition) is 4. The molecule has 0 aliphatic rings. The van der Waals surface area contributed by atoms with E-state index in [1.165, 1.54) is 6.07 Å². The summed E-state index contributed by atoms with van der Waals surface area (Å²) in [5, 5.41) is 10.9. The summed E-state index contributed by atoms with van der Waals surface area (Å²) in [6.07, 6.45) is 4.37. The Balaban J connectivity index is 1.39. The number of likely N-dealkylation sites (N-methyl/N-ethyl adjacent to an activating group) is 1. The van der Waals surface area contributed by atoms with Gasteiger partial charge >= 0.3 is 0 Å². The third-order valence-electron chi connectivity index (χ3n) is 7.32. The SMILES string of the molecule is CN(C)CC(=O)Nc1cncc(-c2ccc3[nH]nc(-c4cc5c(-c6cc(F)cc(C(N)S(C)(=O)=O)c6)cccc5[nH]4)c3c2)c1. The zero-order valence-corrected chi connectivity index (χ0v) is 25.0. The first kappa shape index (κ1) is 29.2. The van der Waals surface area contributed by atoms with Crippen LogP contribution in [0.15, 0.2) is 79.1 Å². The van der Waals surface area contributed by atoms with Gasteiger partial charge in [-0.25, -0.2) is 12.8 Å². The largest absolute Gasteiger partial charge is 0.353 e. The number of carbonyl (C=O) groups excluding carboxylic acids is 1. The Labute approximate surface area is 253 Å². The number of halogens is 1. The summed E-state index contributed by atoms with van der Waals surface area (Å²) >= 11 is 0. The van der Waals surface area contributed by atoms with E-state index in [4.69, 9.17) is 5.73 Å². The minimum absolute atomic E-state index is 0.132. The molecular formula is C32H30FN7O3S. The van der Waals surface area contributed by atoms with E-state index in [0.29, 0.717) is 22.5 Å². The van der Waals surface area contributed by atoms with E-state index in [1.54, 1.807) is 23.4 Å². The zero-order chi connectivity index (χ0) is 31.2. The lowest BCUT2D eigenvalue weighted by molar-refractivity contribution is -0.116. The molecule has 0 fully saturated rings. The third-order valence-corrected chi connectivity index (χ3v) is 8.51. The molecule has 6 rings (SSSR count). The number of rotatable bonds is 8. The number of fused-ring (bicyclic) bond motifs is 2.